The molecule has 0 aliphatic carbocycles. The molecule has 0 aliphatic rings. The standard InChI is InChI=1S/C19H18N4O2S/c1-14(24)15-7-9-16(10-8-15)21-18(25)11-12-26-19-22-20-13-23(19)17-5-3-2-4-6-17/h2-10,13H,11-12H2,1H3,(H,21,25). The maximum Gasteiger partial charge on any atom is 0.225 e. The van der Waals surface area contributed by atoms with Crippen LogP contribution in [0, 0.1) is 0 Å². The molecule has 0 aliphatic heterocycles. The summed E-state index contributed by atoms with van der Waals surface area (Å²) in [7, 11) is 0. The maximum absolute atomic E-state index is 12.1. The second-order valence-electron chi connectivity index (χ2n) is 5.60. The number of para-hydroxylation sites is 1. The topological polar surface area (TPSA) is 76.9 Å². The van der Waals surface area contributed by atoms with Crippen LogP contribution >= 0.6 is 11.8 Å². The van der Waals surface area contributed by atoms with Gasteiger partial charge in [0.15, 0.2) is 10.9 Å². The van der Waals surface area contributed by atoms with Gasteiger partial charge in [-0.1, -0.05) is 30.0 Å². The fourth-order valence-electron chi connectivity index (χ4n) is 2.34. The highest BCUT2D eigenvalue weighted by atomic mass is 32.2. The van der Waals surface area contributed by atoms with Gasteiger partial charge in [0.2, 0.25) is 5.91 Å². The van der Waals surface area contributed by atoms with E-state index < -0.39 is 0 Å². The van der Waals surface area contributed by atoms with Gasteiger partial charge in [-0.15, -0.1) is 10.2 Å². The minimum absolute atomic E-state index is 0.00167. The van der Waals surface area contributed by atoms with Crippen molar-refractivity contribution in [2.45, 2.75) is 18.5 Å². The predicted molar refractivity (Wildman–Crippen MR) is 102 cm³/mol. The summed E-state index contributed by atoms with van der Waals surface area (Å²) in [5.74, 6) is 0.503. The second kappa shape index (κ2) is 8.44. The number of carbonyl (C=O) groups is 2. The fourth-order valence-corrected chi connectivity index (χ4v) is 3.20. The molecule has 1 aromatic heterocycles. The first-order valence-corrected chi connectivity index (χ1v) is 9.11. The number of ketones is 1. The van der Waals surface area contributed by atoms with Gasteiger partial charge in [-0.05, 0) is 43.3 Å². The van der Waals surface area contributed by atoms with Crippen molar-refractivity contribution in [3.8, 4) is 5.69 Å². The van der Waals surface area contributed by atoms with E-state index in [0.29, 0.717) is 23.4 Å². The minimum Gasteiger partial charge on any atom is -0.326 e. The normalized spacial score (nSPS) is 10.5. The largest absolute Gasteiger partial charge is 0.326 e. The highest BCUT2D eigenvalue weighted by Gasteiger charge is 2.09. The second-order valence-corrected chi connectivity index (χ2v) is 6.66. The van der Waals surface area contributed by atoms with Crippen LogP contribution in [-0.4, -0.2) is 32.2 Å². The van der Waals surface area contributed by atoms with E-state index in [1.165, 1.54) is 18.7 Å². The number of Topliss-reactive ketones (excluding diaryl/α,β-unsaturated/α-hetero) is 1. The molecule has 0 saturated heterocycles. The van der Waals surface area contributed by atoms with Gasteiger partial charge in [0.1, 0.15) is 6.33 Å². The quantitative estimate of drug-likeness (QED) is 0.511. The lowest BCUT2D eigenvalue weighted by Gasteiger charge is -2.07. The fraction of sp³-hybridized carbons (Fsp3) is 0.158. The molecule has 0 fully saturated rings. The van der Waals surface area contributed by atoms with Crippen LogP contribution < -0.4 is 5.32 Å². The predicted octanol–water partition coefficient (Wildman–Crippen LogP) is 3.59. The SMILES string of the molecule is CC(=O)c1ccc(NC(=O)CCSc2nncn2-c2ccccc2)cc1. The van der Waals surface area contributed by atoms with Gasteiger partial charge in [-0.2, -0.15) is 0 Å². The Labute approximate surface area is 155 Å². The summed E-state index contributed by atoms with van der Waals surface area (Å²) in [5, 5.41) is 11.6. The van der Waals surface area contributed by atoms with Gasteiger partial charge in [0.05, 0.1) is 0 Å². The molecule has 0 saturated carbocycles. The number of hydrogen-bond donors (Lipinski definition) is 1. The number of anilines is 1. The molecule has 26 heavy (non-hydrogen) atoms. The molecule has 0 unspecified atom stereocenters. The van der Waals surface area contributed by atoms with Crippen molar-refractivity contribution in [3.63, 3.8) is 0 Å². The number of thioether (sulfide) groups is 1. The van der Waals surface area contributed by atoms with Crippen LogP contribution in [0.25, 0.3) is 5.69 Å². The Morgan fingerprint density at radius 2 is 1.81 bits per heavy atom. The minimum atomic E-state index is -0.0844. The van der Waals surface area contributed by atoms with E-state index in [2.05, 4.69) is 15.5 Å². The molecule has 0 atom stereocenters. The summed E-state index contributed by atoms with van der Waals surface area (Å²) in [4.78, 5) is 23.3. The van der Waals surface area contributed by atoms with Crippen molar-refractivity contribution in [1.29, 1.82) is 0 Å². The molecule has 6 nitrogen and oxygen atoms in total. The van der Waals surface area contributed by atoms with Gasteiger partial charge < -0.3 is 5.32 Å². The summed E-state index contributed by atoms with van der Waals surface area (Å²) >= 11 is 1.48. The van der Waals surface area contributed by atoms with Crippen LogP contribution in [0.15, 0.2) is 66.1 Å². The van der Waals surface area contributed by atoms with Crippen molar-refractivity contribution >= 4 is 29.1 Å². The van der Waals surface area contributed by atoms with Crippen LogP contribution in [0.5, 0.6) is 0 Å². The Kier molecular flexibility index (Phi) is 5.80. The zero-order valence-corrected chi connectivity index (χ0v) is 15.1. The summed E-state index contributed by atoms with van der Waals surface area (Å²) < 4.78 is 1.89. The lowest BCUT2D eigenvalue weighted by Crippen LogP contribution is -2.12. The van der Waals surface area contributed by atoms with Gasteiger partial charge in [0.25, 0.3) is 0 Å². The summed E-state index contributed by atoms with van der Waals surface area (Å²) in [6.45, 7) is 1.51. The van der Waals surface area contributed by atoms with Crippen molar-refractivity contribution in [2.24, 2.45) is 0 Å². The van der Waals surface area contributed by atoms with Crippen LogP contribution in [0.2, 0.25) is 0 Å². The average molecular weight is 366 g/mol. The molecule has 3 aromatic rings. The molecule has 7 heteroatoms. The molecular weight excluding hydrogens is 348 g/mol. The molecule has 1 heterocycles. The van der Waals surface area contributed by atoms with E-state index in [1.807, 2.05) is 34.9 Å². The Balaban J connectivity index is 1.52. The number of aromatic nitrogens is 3. The third-order valence-corrected chi connectivity index (χ3v) is 4.63. The lowest BCUT2D eigenvalue weighted by molar-refractivity contribution is -0.115. The first-order valence-electron chi connectivity index (χ1n) is 8.12. The van der Waals surface area contributed by atoms with Crippen molar-refractivity contribution < 1.29 is 9.59 Å². The number of rotatable bonds is 7. The molecule has 1 N–H and O–H groups in total. The zero-order chi connectivity index (χ0) is 18.4. The van der Waals surface area contributed by atoms with Crippen LogP contribution in [0.3, 0.4) is 0 Å². The summed E-state index contributed by atoms with van der Waals surface area (Å²) in [6, 6.07) is 16.7. The number of nitrogens with zero attached hydrogens (tertiary/aromatic N) is 3. The smallest absolute Gasteiger partial charge is 0.225 e. The van der Waals surface area contributed by atoms with E-state index in [-0.39, 0.29) is 11.7 Å². The van der Waals surface area contributed by atoms with Crippen molar-refractivity contribution in [1.82, 2.24) is 14.8 Å². The number of carbonyl (C=O) groups excluding carboxylic acids is 2. The third kappa shape index (κ3) is 4.58. The Morgan fingerprint density at radius 3 is 2.50 bits per heavy atom. The number of hydrogen-bond acceptors (Lipinski definition) is 5. The van der Waals surface area contributed by atoms with Gasteiger partial charge in [-0.25, -0.2) is 0 Å². The van der Waals surface area contributed by atoms with Crippen LogP contribution in [0.1, 0.15) is 23.7 Å². The van der Waals surface area contributed by atoms with E-state index in [0.717, 1.165) is 10.8 Å². The highest BCUT2D eigenvalue weighted by molar-refractivity contribution is 7.99. The molecular formula is C19H18N4O2S. The van der Waals surface area contributed by atoms with E-state index >= 15 is 0 Å². The first kappa shape index (κ1) is 17.9. The van der Waals surface area contributed by atoms with E-state index in [4.69, 9.17) is 0 Å². The van der Waals surface area contributed by atoms with Crippen LogP contribution in [-0.2, 0) is 4.79 Å². The van der Waals surface area contributed by atoms with Crippen LogP contribution in [0.4, 0.5) is 5.69 Å². The monoisotopic (exact) mass is 366 g/mol. The molecule has 3 rings (SSSR count). The Morgan fingerprint density at radius 1 is 1.08 bits per heavy atom. The first-order chi connectivity index (χ1) is 12.6. The number of benzene rings is 2. The molecule has 0 bridgehead atoms. The number of amides is 1. The molecule has 132 valence electrons. The summed E-state index contributed by atoms with van der Waals surface area (Å²) in [6.07, 6.45) is 2.01. The maximum atomic E-state index is 12.1. The van der Waals surface area contributed by atoms with E-state index in [1.54, 1.807) is 30.6 Å². The third-order valence-electron chi connectivity index (χ3n) is 3.69. The van der Waals surface area contributed by atoms with Crippen molar-refractivity contribution in [3.05, 3.63) is 66.5 Å². The average Bonchev–Trinajstić information content (AvgIpc) is 3.11. The molecule has 1 amide bonds. The van der Waals surface area contributed by atoms with Gasteiger partial charge in [-0.3, -0.25) is 14.2 Å². The van der Waals surface area contributed by atoms with Crippen molar-refractivity contribution in [2.75, 3.05) is 11.1 Å². The van der Waals surface area contributed by atoms with E-state index in [9.17, 15) is 9.59 Å². The Bertz CT molecular complexity index is 891. The number of nitrogens with one attached hydrogen (secondary N) is 1. The Hall–Kier alpha value is -2.93. The lowest BCUT2D eigenvalue weighted by atomic mass is 10.1. The zero-order valence-electron chi connectivity index (χ0n) is 14.3. The molecule has 0 radical (unpaired) electrons. The molecule has 0 spiro atoms. The highest BCUT2D eigenvalue weighted by Crippen LogP contribution is 2.20. The summed E-state index contributed by atoms with van der Waals surface area (Å²) in [5.41, 5.74) is 2.28. The molecule has 2 aromatic carbocycles. The van der Waals surface area contributed by atoms with Gasteiger partial charge in [0, 0.05) is 29.1 Å². The van der Waals surface area contributed by atoms with Gasteiger partial charge >= 0.3 is 0 Å².